The average molecular weight is 276 g/mol. The largest absolute Gasteiger partial charge is 0.388 e. The number of carbonyl (C=O) groups excluding carboxylic acids is 1. The van der Waals surface area contributed by atoms with Crippen molar-refractivity contribution in [3.8, 4) is 0 Å². The molecule has 2 atom stereocenters. The van der Waals surface area contributed by atoms with Crippen molar-refractivity contribution in [2.45, 2.75) is 45.8 Å². The smallest absolute Gasteiger partial charge is 0.236 e. The van der Waals surface area contributed by atoms with Crippen LogP contribution in [0.2, 0.25) is 0 Å². The van der Waals surface area contributed by atoms with Gasteiger partial charge in [0.25, 0.3) is 0 Å². The Morgan fingerprint density at radius 3 is 2.50 bits per heavy atom. The lowest BCUT2D eigenvalue weighted by Crippen LogP contribution is -2.49. The number of hydrogen-bond donors (Lipinski definition) is 3. The summed E-state index contributed by atoms with van der Waals surface area (Å²) in [7, 11) is 0. The maximum absolute atomic E-state index is 11.7. The molecule has 0 aliphatic heterocycles. The predicted molar refractivity (Wildman–Crippen MR) is 78.9 cm³/mol. The number of carbonyl (C=O) groups is 1. The summed E-state index contributed by atoms with van der Waals surface area (Å²) >= 11 is 1.60. The van der Waals surface area contributed by atoms with Gasteiger partial charge >= 0.3 is 0 Å². The molecule has 0 aromatic carbocycles. The summed E-state index contributed by atoms with van der Waals surface area (Å²) < 4.78 is 0. The minimum atomic E-state index is -0.772. The fourth-order valence-electron chi connectivity index (χ4n) is 1.46. The highest BCUT2D eigenvalue weighted by molar-refractivity contribution is 7.98. The molecule has 0 saturated heterocycles. The van der Waals surface area contributed by atoms with Gasteiger partial charge in [0.2, 0.25) is 5.91 Å². The third kappa shape index (κ3) is 8.78. The van der Waals surface area contributed by atoms with Gasteiger partial charge in [0, 0.05) is 18.8 Å². The van der Waals surface area contributed by atoms with Crippen LogP contribution in [0.5, 0.6) is 0 Å². The fourth-order valence-corrected chi connectivity index (χ4v) is 2.19. The molecule has 0 aliphatic rings. The van der Waals surface area contributed by atoms with Crippen LogP contribution in [-0.2, 0) is 4.79 Å². The average Bonchev–Trinajstić information content (AvgIpc) is 2.25. The van der Waals surface area contributed by atoms with Gasteiger partial charge in [0.15, 0.2) is 0 Å². The van der Waals surface area contributed by atoms with Crippen LogP contribution in [0.25, 0.3) is 0 Å². The molecule has 0 radical (unpaired) electrons. The molecule has 108 valence electrons. The first kappa shape index (κ1) is 17.7. The Kier molecular flexibility index (Phi) is 8.65. The first-order valence-electron chi connectivity index (χ1n) is 6.51. The second-order valence-corrected chi connectivity index (χ2v) is 6.37. The lowest BCUT2D eigenvalue weighted by atomic mass is 10.1. The Hall–Kier alpha value is -0.260. The van der Waals surface area contributed by atoms with Crippen molar-refractivity contribution < 1.29 is 9.90 Å². The number of aliphatic hydroxyl groups is 1. The summed E-state index contributed by atoms with van der Waals surface area (Å²) in [6.45, 7) is 9.00. The summed E-state index contributed by atoms with van der Waals surface area (Å²) in [5.41, 5.74) is -0.772. The normalized spacial score (nSPS) is 16.4. The minimum absolute atomic E-state index is 0.00407. The number of thioether (sulfide) groups is 1. The summed E-state index contributed by atoms with van der Waals surface area (Å²) in [6.07, 6.45) is 2.94. The lowest BCUT2D eigenvalue weighted by Gasteiger charge is -2.25. The van der Waals surface area contributed by atoms with Gasteiger partial charge < -0.3 is 15.7 Å². The number of rotatable bonds is 9. The molecule has 5 heteroatoms. The maximum Gasteiger partial charge on any atom is 0.236 e. The van der Waals surface area contributed by atoms with E-state index in [9.17, 15) is 9.90 Å². The molecule has 0 heterocycles. The van der Waals surface area contributed by atoms with Crippen LogP contribution >= 0.6 is 11.8 Å². The molecule has 4 nitrogen and oxygen atoms in total. The Balaban J connectivity index is 3.87. The van der Waals surface area contributed by atoms with Gasteiger partial charge in [-0.05, 0) is 32.4 Å². The monoisotopic (exact) mass is 276 g/mol. The van der Waals surface area contributed by atoms with E-state index >= 15 is 0 Å². The number of amides is 1. The first-order chi connectivity index (χ1) is 8.28. The fraction of sp³-hybridized carbons (Fsp3) is 0.923. The third-order valence-electron chi connectivity index (χ3n) is 2.66. The van der Waals surface area contributed by atoms with Crippen LogP contribution in [0, 0.1) is 5.92 Å². The molecule has 0 rings (SSSR count). The molecule has 0 bridgehead atoms. The van der Waals surface area contributed by atoms with Crippen LogP contribution < -0.4 is 10.6 Å². The van der Waals surface area contributed by atoms with Crippen LogP contribution in [-0.4, -0.2) is 47.8 Å². The van der Waals surface area contributed by atoms with E-state index in [0.29, 0.717) is 24.8 Å². The Labute approximate surface area is 115 Å². The molecule has 0 saturated carbocycles. The first-order valence-corrected chi connectivity index (χ1v) is 7.90. The Morgan fingerprint density at radius 1 is 1.39 bits per heavy atom. The summed E-state index contributed by atoms with van der Waals surface area (Å²) in [6, 6.07) is -0.273. The van der Waals surface area contributed by atoms with E-state index in [1.807, 2.05) is 13.2 Å². The molecule has 18 heavy (non-hydrogen) atoms. The van der Waals surface area contributed by atoms with Gasteiger partial charge in [0.1, 0.15) is 0 Å². The van der Waals surface area contributed by atoms with E-state index in [4.69, 9.17) is 0 Å². The zero-order chi connectivity index (χ0) is 14.2. The van der Waals surface area contributed by atoms with Gasteiger partial charge in [-0.3, -0.25) is 4.79 Å². The second-order valence-electron chi connectivity index (χ2n) is 5.51. The van der Waals surface area contributed by atoms with Gasteiger partial charge in [-0.1, -0.05) is 13.8 Å². The molecule has 0 fully saturated rings. The van der Waals surface area contributed by atoms with E-state index < -0.39 is 5.60 Å². The minimum Gasteiger partial charge on any atom is -0.388 e. The van der Waals surface area contributed by atoms with Crippen LogP contribution in [0.15, 0.2) is 0 Å². The highest BCUT2D eigenvalue weighted by atomic mass is 32.2. The van der Waals surface area contributed by atoms with Crippen molar-refractivity contribution in [3.05, 3.63) is 0 Å². The second kappa shape index (κ2) is 8.77. The molecule has 0 aliphatic carbocycles. The SMILES string of the molecule is CSCC(C)(O)CNC(C)C(=O)NCCC(C)C. The van der Waals surface area contributed by atoms with Crippen LogP contribution in [0.1, 0.15) is 34.1 Å². The van der Waals surface area contributed by atoms with Crippen molar-refractivity contribution in [3.63, 3.8) is 0 Å². The van der Waals surface area contributed by atoms with E-state index in [0.717, 1.165) is 6.42 Å². The molecular formula is C13H28N2O2S. The van der Waals surface area contributed by atoms with Crippen molar-refractivity contribution in [1.82, 2.24) is 10.6 Å². The highest BCUT2D eigenvalue weighted by Gasteiger charge is 2.22. The van der Waals surface area contributed by atoms with Gasteiger partial charge in [-0.15, -0.1) is 0 Å². The van der Waals surface area contributed by atoms with E-state index in [2.05, 4.69) is 24.5 Å². The van der Waals surface area contributed by atoms with E-state index in [-0.39, 0.29) is 11.9 Å². The van der Waals surface area contributed by atoms with Crippen LogP contribution in [0.3, 0.4) is 0 Å². The molecule has 3 N–H and O–H groups in total. The predicted octanol–water partition coefficient (Wildman–Crippen LogP) is 1.24. The molecule has 0 aromatic heterocycles. The Bertz CT molecular complexity index is 245. The molecule has 2 unspecified atom stereocenters. The zero-order valence-electron chi connectivity index (χ0n) is 12.2. The van der Waals surface area contributed by atoms with Gasteiger partial charge in [-0.2, -0.15) is 11.8 Å². The topological polar surface area (TPSA) is 61.4 Å². The Morgan fingerprint density at radius 2 is 2.00 bits per heavy atom. The van der Waals surface area contributed by atoms with Crippen molar-refractivity contribution in [2.75, 3.05) is 25.1 Å². The molecule has 0 spiro atoms. The van der Waals surface area contributed by atoms with Crippen molar-refractivity contribution in [1.29, 1.82) is 0 Å². The summed E-state index contributed by atoms with van der Waals surface area (Å²) in [5.74, 6) is 1.24. The summed E-state index contributed by atoms with van der Waals surface area (Å²) in [4.78, 5) is 11.7. The molecular weight excluding hydrogens is 248 g/mol. The number of hydrogen-bond acceptors (Lipinski definition) is 4. The molecule has 0 aromatic rings. The highest BCUT2D eigenvalue weighted by Crippen LogP contribution is 2.09. The van der Waals surface area contributed by atoms with E-state index in [1.54, 1.807) is 18.7 Å². The number of nitrogens with one attached hydrogen (secondary N) is 2. The van der Waals surface area contributed by atoms with Gasteiger partial charge in [0.05, 0.1) is 11.6 Å². The zero-order valence-corrected chi connectivity index (χ0v) is 13.1. The van der Waals surface area contributed by atoms with Crippen molar-refractivity contribution in [2.24, 2.45) is 5.92 Å². The van der Waals surface area contributed by atoms with E-state index in [1.165, 1.54) is 0 Å². The quantitative estimate of drug-likeness (QED) is 0.593. The maximum atomic E-state index is 11.7. The standard InChI is InChI=1S/C13H28N2O2S/c1-10(2)6-7-14-12(16)11(3)15-8-13(4,17)9-18-5/h10-11,15,17H,6-9H2,1-5H3,(H,14,16). The molecule has 1 amide bonds. The van der Waals surface area contributed by atoms with Gasteiger partial charge in [-0.25, -0.2) is 0 Å². The lowest BCUT2D eigenvalue weighted by molar-refractivity contribution is -0.122. The summed E-state index contributed by atoms with van der Waals surface area (Å²) in [5, 5.41) is 15.9. The van der Waals surface area contributed by atoms with Crippen molar-refractivity contribution >= 4 is 17.7 Å². The third-order valence-corrected chi connectivity index (χ3v) is 3.57. The van der Waals surface area contributed by atoms with Crippen LogP contribution in [0.4, 0.5) is 0 Å².